The molecule has 0 bridgehead atoms. The van der Waals surface area contributed by atoms with Crippen LogP contribution in [0.2, 0.25) is 0 Å². The number of thiophene rings is 1. The Morgan fingerprint density at radius 3 is 3.06 bits per heavy atom. The molecular formula is C14H11BrO2S. The van der Waals surface area contributed by atoms with E-state index in [4.69, 9.17) is 4.74 Å². The topological polar surface area (TPSA) is 26.3 Å². The van der Waals surface area contributed by atoms with Gasteiger partial charge >= 0.3 is 0 Å². The highest BCUT2D eigenvalue weighted by Gasteiger charge is 2.16. The first-order valence-corrected chi connectivity index (χ1v) is 7.42. The van der Waals surface area contributed by atoms with E-state index in [0.29, 0.717) is 6.42 Å². The summed E-state index contributed by atoms with van der Waals surface area (Å²) in [6.07, 6.45) is 1.36. The van der Waals surface area contributed by atoms with Crippen molar-refractivity contribution in [2.75, 3.05) is 6.61 Å². The second-order valence-electron chi connectivity index (χ2n) is 4.21. The second kappa shape index (κ2) is 4.86. The molecule has 2 nitrogen and oxygen atoms in total. The molecule has 0 N–H and O–H groups in total. The average Bonchev–Trinajstić information content (AvgIpc) is 2.98. The summed E-state index contributed by atoms with van der Waals surface area (Å²) < 4.78 is 6.46. The molecule has 4 heteroatoms. The predicted octanol–water partition coefficient (Wildman–Crippen LogP) is 3.87. The third kappa shape index (κ3) is 2.22. The minimum atomic E-state index is 0.160. The molecule has 2 heterocycles. The van der Waals surface area contributed by atoms with Gasteiger partial charge in [0.1, 0.15) is 5.75 Å². The van der Waals surface area contributed by atoms with E-state index in [1.54, 1.807) is 11.3 Å². The van der Waals surface area contributed by atoms with Crippen LogP contribution in [0.4, 0.5) is 0 Å². The average molecular weight is 323 g/mol. The molecule has 1 aromatic carbocycles. The first-order chi connectivity index (χ1) is 8.74. The lowest BCUT2D eigenvalue weighted by Crippen LogP contribution is -2.03. The van der Waals surface area contributed by atoms with E-state index in [2.05, 4.69) is 15.9 Å². The largest absolute Gasteiger partial charge is 0.493 e. The van der Waals surface area contributed by atoms with E-state index >= 15 is 0 Å². The number of carbonyl (C=O) groups excluding carboxylic acids is 1. The molecule has 0 amide bonds. The molecule has 18 heavy (non-hydrogen) atoms. The summed E-state index contributed by atoms with van der Waals surface area (Å²) >= 11 is 5.06. The van der Waals surface area contributed by atoms with E-state index in [1.165, 1.54) is 0 Å². The lowest BCUT2D eigenvalue weighted by Gasteiger charge is -2.03. The smallest absolute Gasteiger partial charge is 0.168 e. The van der Waals surface area contributed by atoms with Gasteiger partial charge in [-0.1, -0.05) is 0 Å². The standard InChI is InChI=1S/C14H11BrO2S/c15-11-4-6-18-14(11)8-12(16)9-1-2-13-10(7-9)3-5-17-13/h1-2,4,6-7H,3,5,8H2. The minimum absolute atomic E-state index is 0.160. The molecule has 0 saturated heterocycles. The zero-order valence-corrected chi connectivity index (χ0v) is 12.0. The Balaban J connectivity index is 1.83. The molecule has 0 aliphatic carbocycles. The molecule has 0 spiro atoms. The molecule has 0 atom stereocenters. The molecule has 2 aromatic rings. The van der Waals surface area contributed by atoms with Crippen molar-refractivity contribution in [2.45, 2.75) is 12.8 Å². The monoisotopic (exact) mass is 322 g/mol. The SMILES string of the molecule is O=C(Cc1sccc1Br)c1ccc2c(c1)CCO2. The van der Waals surface area contributed by atoms with Gasteiger partial charge in [0, 0.05) is 27.8 Å². The number of hydrogen-bond acceptors (Lipinski definition) is 3. The lowest BCUT2D eigenvalue weighted by molar-refractivity contribution is 0.0993. The Bertz CT molecular complexity index is 604. The molecule has 0 unspecified atom stereocenters. The van der Waals surface area contributed by atoms with E-state index in [9.17, 15) is 4.79 Å². The van der Waals surface area contributed by atoms with Gasteiger partial charge in [-0.3, -0.25) is 4.79 Å². The van der Waals surface area contributed by atoms with Crippen LogP contribution in [0.15, 0.2) is 34.1 Å². The van der Waals surface area contributed by atoms with Gasteiger partial charge in [0.05, 0.1) is 6.61 Å². The number of carbonyl (C=O) groups is 1. The normalized spacial score (nSPS) is 13.2. The molecule has 0 saturated carbocycles. The van der Waals surface area contributed by atoms with Crippen molar-refractivity contribution >= 4 is 33.0 Å². The first kappa shape index (κ1) is 11.9. The number of hydrogen-bond donors (Lipinski definition) is 0. The van der Waals surface area contributed by atoms with Crippen molar-refractivity contribution in [3.8, 4) is 5.75 Å². The summed E-state index contributed by atoms with van der Waals surface area (Å²) in [5.41, 5.74) is 1.92. The van der Waals surface area contributed by atoms with Crippen LogP contribution >= 0.6 is 27.3 Å². The zero-order valence-electron chi connectivity index (χ0n) is 9.61. The fourth-order valence-electron chi connectivity index (χ4n) is 2.06. The molecule has 3 rings (SSSR count). The van der Waals surface area contributed by atoms with Crippen molar-refractivity contribution in [1.82, 2.24) is 0 Å². The maximum Gasteiger partial charge on any atom is 0.168 e. The quantitative estimate of drug-likeness (QED) is 0.802. The molecule has 0 fully saturated rings. The fourth-order valence-corrected chi connectivity index (χ4v) is 3.55. The van der Waals surface area contributed by atoms with E-state index in [-0.39, 0.29) is 5.78 Å². The van der Waals surface area contributed by atoms with Gasteiger partial charge in [-0.2, -0.15) is 0 Å². The molecule has 0 radical (unpaired) electrons. The minimum Gasteiger partial charge on any atom is -0.493 e. The van der Waals surface area contributed by atoms with Crippen LogP contribution in [0.1, 0.15) is 20.8 Å². The number of ketones is 1. The van der Waals surface area contributed by atoms with Crippen molar-refractivity contribution in [2.24, 2.45) is 0 Å². The van der Waals surface area contributed by atoms with Crippen molar-refractivity contribution in [3.05, 3.63) is 50.1 Å². The summed E-state index contributed by atoms with van der Waals surface area (Å²) in [6.45, 7) is 0.726. The van der Waals surface area contributed by atoms with E-state index < -0.39 is 0 Å². The number of fused-ring (bicyclic) bond motifs is 1. The summed E-state index contributed by atoms with van der Waals surface area (Å²) in [5.74, 6) is 1.08. The third-order valence-electron chi connectivity index (χ3n) is 3.02. The summed E-state index contributed by atoms with van der Waals surface area (Å²) in [4.78, 5) is 13.3. The summed E-state index contributed by atoms with van der Waals surface area (Å²) in [5, 5.41) is 1.99. The summed E-state index contributed by atoms with van der Waals surface area (Å²) in [6, 6.07) is 7.70. The Kier molecular flexibility index (Phi) is 3.22. The van der Waals surface area contributed by atoms with Crippen LogP contribution in [-0.4, -0.2) is 12.4 Å². The van der Waals surface area contributed by atoms with Crippen LogP contribution < -0.4 is 4.74 Å². The van der Waals surface area contributed by atoms with Gasteiger partial charge in [-0.05, 0) is 51.1 Å². The predicted molar refractivity (Wildman–Crippen MR) is 75.7 cm³/mol. The van der Waals surface area contributed by atoms with E-state index in [1.807, 2.05) is 29.6 Å². The van der Waals surface area contributed by atoms with Crippen molar-refractivity contribution in [3.63, 3.8) is 0 Å². The number of Topliss-reactive ketones (excluding diaryl/α,β-unsaturated/α-hetero) is 1. The molecule has 1 aliphatic heterocycles. The number of rotatable bonds is 3. The van der Waals surface area contributed by atoms with Crippen LogP contribution in [0, 0.1) is 0 Å². The maximum absolute atomic E-state index is 12.2. The van der Waals surface area contributed by atoms with Crippen molar-refractivity contribution in [1.29, 1.82) is 0 Å². The second-order valence-corrected chi connectivity index (χ2v) is 6.07. The number of benzene rings is 1. The zero-order chi connectivity index (χ0) is 12.5. The Labute approximate surface area is 118 Å². The summed E-state index contributed by atoms with van der Waals surface area (Å²) in [7, 11) is 0. The highest BCUT2D eigenvalue weighted by Crippen LogP contribution is 2.28. The third-order valence-corrected chi connectivity index (χ3v) is 4.95. The van der Waals surface area contributed by atoms with E-state index in [0.717, 1.165) is 39.3 Å². The Morgan fingerprint density at radius 2 is 2.28 bits per heavy atom. The maximum atomic E-state index is 12.2. The first-order valence-electron chi connectivity index (χ1n) is 5.75. The molecule has 1 aliphatic rings. The molecular weight excluding hydrogens is 312 g/mol. The van der Waals surface area contributed by atoms with Gasteiger partial charge in [0.25, 0.3) is 0 Å². The Hall–Kier alpha value is -1.13. The fraction of sp³-hybridized carbons (Fsp3) is 0.214. The number of halogens is 1. The van der Waals surface area contributed by atoms with Gasteiger partial charge in [0.2, 0.25) is 0 Å². The van der Waals surface area contributed by atoms with Gasteiger partial charge in [-0.25, -0.2) is 0 Å². The van der Waals surface area contributed by atoms with Gasteiger partial charge in [0.15, 0.2) is 5.78 Å². The van der Waals surface area contributed by atoms with Gasteiger partial charge < -0.3 is 4.74 Å². The lowest BCUT2D eigenvalue weighted by atomic mass is 10.0. The number of ether oxygens (including phenoxy) is 1. The Morgan fingerprint density at radius 1 is 1.39 bits per heavy atom. The van der Waals surface area contributed by atoms with Gasteiger partial charge in [-0.15, -0.1) is 11.3 Å². The van der Waals surface area contributed by atoms with Crippen LogP contribution in [0.3, 0.4) is 0 Å². The highest BCUT2D eigenvalue weighted by molar-refractivity contribution is 9.10. The van der Waals surface area contributed by atoms with Crippen molar-refractivity contribution < 1.29 is 9.53 Å². The van der Waals surface area contributed by atoms with Crippen LogP contribution in [0.25, 0.3) is 0 Å². The molecule has 92 valence electrons. The molecule has 1 aromatic heterocycles. The highest BCUT2D eigenvalue weighted by atomic mass is 79.9. The van der Waals surface area contributed by atoms with Crippen LogP contribution in [-0.2, 0) is 12.8 Å². The van der Waals surface area contributed by atoms with Crippen LogP contribution in [0.5, 0.6) is 5.75 Å².